The average Bonchev–Trinajstić information content (AvgIpc) is 3.96. The highest BCUT2D eigenvalue weighted by Gasteiger charge is 2.35. The number of imidazole rings is 1. The van der Waals surface area contributed by atoms with Gasteiger partial charge >= 0.3 is 6.18 Å². The average molecular weight is 632 g/mol. The third-order valence-corrected chi connectivity index (χ3v) is 8.05. The summed E-state index contributed by atoms with van der Waals surface area (Å²) in [5.74, 6) is -0.206. The number of rotatable bonds is 11. The van der Waals surface area contributed by atoms with E-state index in [1.807, 2.05) is 12.1 Å². The fraction of sp³-hybridized carbons (Fsp3) is 0.364. The number of carbonyl (C=O) groups excluding carboxylic acids is 1. The van der Waals surface area contributed by atoms with Crippen molar-refractivity contribution in [2.75, 3.05) is 25.6 Å². The first-order chi connectivity index (χ1) is 22.0. The van der Waals surface area contributed by atoms with Crippen molar-refractivity contribution in [3.8, 4) is 28.6 Å². The minimum absolute atomic E-state index is 0.00938. The van der Waals surface area contributed by atoms with Crippen molar-refractivity contribution in [3.63, 3.8) is 0 Å². The molecule has 0 saturated heterocycles. The van der Waals surface area contributed by atoms with Gasteiger partial charge in [0.25, 0.3) is 11.5 Å². The van der Waals surface area contributed by atoms with Crippen LogP contribution in [0.5, 0.6) is 0 Å². The zero-order valence-electron chi connectivity index (χ0n) is 25.3. The molecule has 10 nitrogen and oxygen atoms in total. The standard InChI is InChI=1S/C33H32F3N7O3/c1-42-18-28(33(34,35)36)40-30(42)25-11-19(15-37)3-8-24(25)22-13-27(21-4-5-21)39-29(14-22)41-31(44)26-12-20(16-38-9-10-46-2)17-43(32(26)45)23-6-7-23/h3,8,11-14,17-18,21,23,38H,4-7,9-10,16H2,1-2H3,(H,39,41,44). The van der Waals surface area contributed by atoms with Gasteiger partial charge < -0.3 is 24.5 Å². The summed E-state index contributed by atoms with van der Waals surface area (Å²) in [6.07, 6.45) is 1.58. The lowest BCUT2D eigenvalue weighted by Crippen LogP contribution is -2.30. The number of alkyl halides is 3. The first kappa shape index (κ1) is 31.2. The molecule has 1 amide bonds. The number of nitrogens with one attached hydrogen (secondary N) is 2. The maximum Gasteiger partial charge on any atom is 0.434 e. The molecule has 4 aromatic rings. The molecule has 2 aliphatic rings. The van der Waals surface area contributed by atoms with Gasteiger partial charge in [-0.3, -0.25) is 9.59 Å². The molecule has 0 radical (unpaired) electrons. The number of pyridine rings is 2. The molecule has 6 rings (SSSR count). The number of aromatic nitrogens is 4. The summed E-state index contributed by atoms with van der Waals surface area (Å²) in [6.45, 7) is 1.57. The summed E-state index contributed by atoms with van der Waals surface area (Å²) in [5, 5.41) is 15.6. The lowest BCUT2D eigenvalue weighted by molar-refractivity contribution is -0.140. The Morgan fingerprint density at radius 1 is 1.09 bits per heavy atom. The molecule has 238 valence electrons. The van der Waals surface area contributed by atoms with Gasteiger partial charge in [0, 0.05) is 62.9 Å². The quantitative estimate of drug-likeness (QED) is 0.212. The van der Waals surface area contributed by atoms with E-state index in [9.17, 15) is 28.0 Å². The SMILES string of the molecule is COCCNCc1cc(C(=O)Nc2cc(-c3ccc(C#N)cc3-c3nc(C(F)(F)F)cn3C)cc(C3CC3)n2)c(=O)n(C2CC2)c1. The number of nitrogens with zero attached hydrogens (tertiary/aromatic N) is 5. The molecule has 2 aliphatic carbocycles. The Hall–Kier alpha value is -4.80. The van der Waals surface area contributed by atoms with Crippen molar-refractivity contribution in [2.24, 2.45) is 7.05 Å². The summed E-state index contributed by atoms with van der Waals surface area (Å²) in [5.41, 5.74) is 1.72. The predicted octanol–water partition coefficient (Wildman–Crippen LogP) is 5.40. The van der Waals surface area contributed by atoms with Crippen molar-refractivity contribution >= 4 is 11.7 Å². The fourth-order valence-electron chi connectivity index (χ4n) is 5.40. The highest BCUT2D eigenvalue weighted by molar-refractivity contribution is 6.04. The summed E-state index contributed by atoms with van der Waals surface area (Å²) in [4.78, 5) is 35.6. The lowest BCUT2D eigenvalue weighted by atomic mass is 9.96. The van der Waals surface area contributed by atoms with E-state index in [1.165, 1.54) is 17.7 Å². The van der Waals surface area contributed by atoms with Gasteiger partial charge in [-0.25, -0.2) is 9.97 Å². The van der Waals surface area contributed by atoms with Crippen LogP contribution in [0.25, 0.3) is 22.5 Å². The Balaban J connectivity index is 1.38. The number of aryl methyl sites for hydroxylation is 1. The molecule has 0 unspecified atom stereocenters. The van der Waals surface area contributed by atoms with Crippen LogP contribution >= 0.6 is 0 Å². The van der Waals surface area contributed by atoms with Crippen molar-refractivity contribution in [1.82, 2.24) is 24.4 Å². The number of nitriles is 1. The summed E-state index contributed by atoms with van der Waals surface area (Å²) < 4.78 is 48.6. The van der Waals surface area contributed by atoms with Crippen LogP contribution in [0, 0.1) is 11.3 Å². The van der Waals surface area contributed by atoms with Gasteiger partial charge in [0.2, 0.25) is 0 Å². The van der Waals surface area contributed by atoms with Crippen molar-refractivity contribution in [1.29, 1.82) is 5.26 Å². The zero-order valence-corrected chi connectivity index (χ0v) is 25.3. The highest BCUT2D eigenvalue weighted by Crippen LogP contribution is 2.42. The van der Waals surface area contributed by atoms with Crippen LogP contribution in [0.15, 0.2) is 53.6 Å². The van der Waals surface area contributed by atoms with E-state index in [0.717, 1.165) is 37.4 Å². The van der Waals surface area contributed by atoms with Gasteiger partial charge in [0.15, 0.2) is 5.69 Å². The number of carbonyl (C=O) groups is 1. The van der Waals surface area contributed by atoms with Crippen LogP contribution < -0.4 is 16.2 Å². The van der Waals surface area contributed by atoms with Gasteiger partial charge in [-0.1, -0.05) is 6.07 Å². The lowest BCUT2D eigenvalue weighted by Gasteiger charge is -2.15. The number of halogens is 3. The van der Waals surface area contributed by atoms with Gasteiger partial charge in [0.1, 0.15) is 17.2 Å². The maximum atomic E-state index is 13.7. The van der Waals surface area contributed by atoms with E-state index in [4.69, 9.17) is 4.74 Å². The van der Waals surface area contributed by atoms with E-state index in [0.29, 0.717) is 42.1 Å². The fourth-order valence-corrected chi connectivity index (χ4v) is 5.40. The molecule has 0 bridgehead atoms. The minimum atomic E-state index is -4.65. The molecule has 13 heteroatoms. The smallest absolute Gasteiger partial charge is 0.383 e. The second kappa shape index (κ2) is 12.5. The number of methoxy groups -OCH3 is 1. The molecule has 46 heavy (non-hydrogen) atoms. The third kappa shape index (κ3) is 6.73. The van der Waals surface area contributed by atoms with Crippen molar-refractivity contribution in [3.05, 3.63) is 87.2 Å². The summed E-state index contributed by atoms with van der Waals surface area (Å²) in [7, 11) is 3.07. The normalized spacial score (nSPS) is 14.7. The molecule has 3 aromatic heterocycles. The van der Waals surface area contributed by atoms with Crippen LogP contribution in [-0.4, -0.2) is 45.3 Å². The second-order valence-electron chi connectivity index (χ2n) is 11.7. The van der Waals surface area contributed by atoms with Crippen molar-refractivity contribution in [2.45, 2.75) is 50.4 Å². The number of hydrogen-bond donors (Lipinski definition) is 2. The molecular formula is C33H32F3N7O3. The Bertz CT molecular complexity index is 1900. The first-order valence-electron chi connectivity index (χ1n) is 15.0. The number of benzene rings is 1. The van der Waals surface area contributed by atoms with E-state index in [2.05, 4.69) is 20.6 Å². The Morgan fingerprint density at radius 3 is 2.52 bits per heavy atom. The van der Waals surface area contributed by atoms with Crippen LogP contribution in [0.4, 0.5) is 19.0 Å². The van der Waals surface area contributed by atoms with E-state index in [-0.39, 0.29) is 40.3 Å². The van der Waals surface area contributed by atoms with Gasteiger partial charge in [-0.15, -0.1) is 0 Å². The van der Waals surface area contributed by atoms with Gasteiger partial charge in [-0.05, 0) is 72.7 Å². The van der Waals surface area contributed by atoms with E-state index >= 15 is 0 Å². The van der Waals surface area contributed by atoms with Crippen LogP contribution in [-0.2, 0) is 24.5 Å². The number of ether oxygens (including phenoxy) is 1. The van der Waals surface area contributed by atoms with Gasteiger partial charge in [-0.2, -0.15) is 18.4 Å². The van der Waals surface area contributed by atoms with Crippen LogP contribution in [0.2, 0.25) is 0 Å². The van der Waals surface area contributed by atoms with Gasteiger partial charge in [0.05, 0.1) is 18.2 Å². The number of anilines is 1. The molecule has 2 saturated carbocycles. The molecule has 2 N–H and O–H groups in total. The maximum absolute atomic E-state index is 13.7. The molecule has 2 fully saturated rings. The predicted molar refractivity (Wildman–Crippen MR) is 164 cm³/mol. The van der Waals surface area contributed by atoms with E-state index < -0.39 is 17.8 Å². The summed E-state index contributed by atoms with van der Waals surface area (Å²) in [6, 6.07) is 11.9. The molecule has 3 heterocycles. The molecule has 0 atom stereocenters. The van der Waals surface area contributed by atoms with Crippen LogP contribution in [0.3, 0.4) is 0 Å². The molecule has 0 aliphatic heterocycles. The Kier molecular flexibility index (Phi) is 8.50. The second-order valence-corrected chi connectivity index (χ2v) is 11.7. The zero-order chi connectivity index (χ0) is 32.6. The minimum Gasteiger partial charge on any atom is -0.383 e. The molecular weight excluding hydrogens is 599 g/mol. The highest BCUT2D eigenvalue weighted by atomic mass is 19.4. The monoisotopic (exact) mass is 631 g/mol. The molecule has 1 aromatic carbocycles. The molecule has 0 spiro atoms. The summed E-state index contributed by atoms with van der Waals surface area (Å²) >= 11 is 0. The topological polar surface area (TPSA) is 127 Å². The third-order valence-electron chi connectivity index (χ3n) is 8.05. The largest absolute Gasteiger partial charge is 0.434 e. The van der Waals surface area contributed by atoms with Crippen molar-refractivity contribution < 1.29 is 22.7 Å². The first-order valence-corrected chi connectivity index (χ1v) is 15.0. The van der Waals surface area contributed by atoms with Crippen LogP contribution in [0.1, 0.15) is 70.5 Å². The Morgan fingerprint density at radius 2 is 1.87 bits per heavy atom. The number of amides is 1. The number of hydrogen-bond acceptors (Lipinski definition) is 7. The Labute approximate surface area is 262 Å². The van der Waals surface area contributed by atoms with E-state index in [1.54, 1.807) is 42.1 Å².